The van der Waals surface area contributed by atoms with Gasteiger partial charge < -0.3 is 10.2 Å². The van der Waals surface area contributed by atoms with Gasteiger partial charge in [-0.25, -0.2) is 0 Å². The molecular weight excluding hydrogens is 356 g/mol. The van der Waals surface area contributed by atoms with Gasteiger partial charge in [0.25, 0.3) is 0 Å². The van der Waals surface area contributed by atoms with Crippen molar-refractivity contribution in [2.24, 2.45) is 40.4 Å². The van der Waals surface area contributed by atoms with E-state index in [9.17, 15) is 10.2 Å². The van der Waals surface area contributed by atoms with Crippen molar-refractivity contribution in [2.75, 3.05) is 0 Å². The highest BCUT2D eigenvalue weighted by Crippen LogP contribution is 2.66. The minimum atomic E-state index is -0.414. The number of allylic oxidation sites excluding steroid dienone is 3. The summed E-state index contributed by atoms with van der Waals surface area (Å²) in [6.07, 6.45) is 14.5. The lowest BCUT2D eigenvalue weighted by Crippen LogP contribution is -2.52. The van der Waals surface area contributed by atoms with Gasteiger partial charge in [0.15, 0.2) is 0 Å². The molecule has 0 bridgehead atoms. The fraction of sp³-hybridized carbons (Fsp3) is 0.852. The molecule has 4 aliphatic rings. The van der Waals surface area contributed by atoms with Gasteiger partial charge in [0, 0.05) is 11.8 Å². The molecule has 8 atom stereocenters. The van der Waals surface area contributed by atoms with Gasteiger partial charge in [0.1, 0.15) is 0 Å². The van der Waals surface area contributed by atoms with E-state index in [2.05, 4.69) is 46.8 Å². The summed E-state index contributed by atoms with van der Waals surface area (Å²) >= 11 is 0. The number of hydrogen-bond donors (Lipinski definition) is 2. The summed E-state index contributed by atoms with van der Waals surface area (Å²) in [4.78, 5) is 0. The summed E-state index contributed by atoms with van der Waals surface area (Å²) < 4.78 is 0. The normalized spacial score (nSPS) is 45.2. The van der Waals surface area contributed by atoms with Crippen LogP contribution in [0.25, 0.3) is 0 Å². The van der Waals surface area contributed by atoms with Crippen LogP contribution in [0.15, 0.2) is 23.3 Å². The monoisotopic (exact) mass is 400 g/mol. The average molecular weight is 401 g/mol. The van der Waals surface area contributed by atoms with Gasteiger partial charge >= 0.3 is 0 Å². The Bertz CT molecular complexity index is 676. The van der Waals surface area contributed by atoms with Crippen LogP contribution < -0.4 is 0 Å². The van der Waals surface area contributed by atoms with E-state index in [4.69, 9.17) is 0 Å². The maximum atomic E-state index is 11.0. The Morgan fingerprint density at radius 2 is 1.76 bits per heavy atom. The van der Waals surface area contributed by atoms with Gasteiger partial charge in [-0.05, 0) is 67.1 Å². The van der Waals surface area contributed by atoms with Crippen LogP contribution in [0.2, 0.25) is 0 Å². The Morgan fingerprint density at radius 1 is 1.00 bits per heavy atom. The van der Waals surface area contributed by atoms with E-state index >= 15 is 0 Å². The quantitative estimate of drug-likeness (QED) is 0.570. The molecule has 0 saturated heterocycles. The Hall–Kier alpha value is -0.600. The topological polar surface area (TPSA) is 40.5 Å². The zero-order valence-corrected chi connectivity index (χ0v) is 19.5. The SMILES string of the molecule is CC(C)CCC[C@@H](C)[C@H]1CC[C@H]2C3=CC=C4C[C@@H](O)CC(O)[C@]4(C)[C@H]3CC[C@]12C. The zero-order chi connectivity index (χ0) is 21.0. The molecule has 0 amide bonds. The Balaban J connectivity index is 1.55. The molecule has 0 aromatic carbocycles. The van der Waals surface area contributed by atoms with Crippen molar-refractivity contribution in [1.29, 1.82) is 0 Å². The van der Waals surface area contributed by atoms with Crippen molar-refractivity contribution in [3.8, 4) is 0 Å². The number of aliphatic hydroxyl groups is 2. The summed E-state index contributed by atoms with van der Waals surface area (Å²) in [5.41, 5.74) is 3.20. The minimum absolute atomic E-state index is 0.161. The van der Waals surface area contributed by atoms with E-state index in [1.807, 2.05) is 0 Å². The maximum Gasteiger partial charge on any atom is 0.0661 e. The Morgan fingerprint density at radius 3 is 2.48 bits per heavy atom. The molecule has 0 aliphatic heterocycles. The second-order valence-electron chi connectivity index (χ2n) is 11.9. The number of fused-ring (bicyclic) bond motifs is 5. The highest BCUT2D eigenvalue weighted by Gasteiger charge is 2.58. The smallest absolute Gasteiger partial charge is 0.0661 e. The first-order valence-corrected chi connectivity index (χ1v) is 12.4. The van der Waals surface area contributed by atoms with E-state index in [0.717, 1.165) is 24.2 Å². The van der Waals surface area contributed by atoms with Crippen LogP contribution in [0.3, 0.4) is 0 Å². The molecule has 0 radical (unpaired) electrons. The van der Waals surface area contributed by atoms with Crippen LogP contribution in [-0.4, -0.2) is 22.4 Å². The molecule has 1 unspecified atom stereocenters. The van der Waals surface area contributed by atoms with Gasteiger partial charge in [0.05, 0.1) is 12.2 Å². The van der Waals surface area contributed by atoms with Crippen molar-refractivity contribution < 1.29 is 10.2 Å². The van der Waals surface area contributed by atoms with Crippen molar-refractivity contribution in [3.05, 3.63) is 23.3 Å². The van der Waals surface area contributed by atoms with E-state index in [0.29, 0.717) is 23.7 Å². The van der Waals surface area contributed by atoms with Gasteiger partial charge in [-0.2, -0.15) is 0 Å². The first-order valence-electron chi connectivity index (χ1n) is 12.4. The highest BCUT2D eigenvalue weighted by atomic mass is 16.3. The van der Waals surface area contributed by atoms with Crippen LogP contribution in [0, 0.1) is 40.4 Å². The molecular formula is C27H44O2. The molecule has 2 N–H and O–H groups in total. The van der Waals surface area contributed by atoms with Crippen molar-refractivity contribution in [2.45, 2.75) is 105 Å². The van der Waals surface area contributed by atoms with E-state index in [-0.39, 0.29) is 11.5 Å². The second-order valence-corrected chi connectivity index (χ2v) is 11.9. The van der Waals surface area contributed by atoms with Crippen molar-refractivity contribution in [1.82, 2.24) is 0 Å². The first-order chi connectivity index (χ1) is 13.7. The number of hydrogen-bond acceptors (Lipinski definition) is 2. The van der Waals surface area contributed by atoms with E-state index in [1.54, 1.807) is 5.57 Å². The fourth-order valence-electron chi connectivity index (χ4n) is 8.07. The standard InChI is InChI=1S/C27H44O2/c1-17(2)7-6-8-18(3)22-11-12-23-21-10-9-19-15-20(28)16-25(29)27(19,5)24(21)13-14-26(22,23)4/h9-10,17-18,20,22-25,28-29H,6-8,11-16H2,1-5H3/t18-,20-,22-,23+,24+,25?,26-,27+/m1/s1. The Labute approximate surface area is 178 Å². The molecule has 0 aromatic rings. The van der Waals surface area contributed by atoms with Crippen LogP contribution in [0.4, 0.5) is 0 Å². The molecule has 0 spiro atoms. The van der Waals surface area contributed by atoms with Crippen LogP contribution in [0.5, 0.6) is 0 Å². The molecule has 2 heteroatoms. The summed E-state index contributed by atoms with van der Waals surface area (Å²) in [5, 5.41) is 21.2. The molecule has 4 rings (SSSR count). The number of rotatable bonds is 5. The third kappa shape index (κ3) is 3.47. The molecule has 3 saturated carbocycles. The van der Waals surface area contributed by atoms with Crippen molar-refractivity contribution in [3.63, 3.8) is 0 Å². The van der Waals surface area contributed by atoms with Crippen molar-refractivity contribution >= 4 is 0 Å². The number of aliphatic hydroxyl groups excluding tert-OH is 2. The molecule has 4 aliphatic carbocycles. The third-order valence-electron chi connectivity index (χ3n) is 9.85. The van der Waals surface area contributed by atoms with E-state index in [1.165, 1.54) is 50.5 Å². The van der Waals surface area contributed by atoms with Crippen LogP contribution in [0.1, 0.15) is 92.4 Å². The minimum Gasteiger partial charge on any atom is -0.393 e. The fourth-order valence-corrected chi connectivity index (χ4v) is 8.07. The van der Waals surface area contributed by atoms with Crippen LogP contribution in [-0.2, 0) is 0 Å². The largest absolute Gasteiger partial charge is 0.393 e. The molecule has 29 heavy (non-hydrogen) atoms. The molecule has 2 nitrogen and oxygen atoms in total. The molecule has 164 valence electrons. The Kier molecular flexibility index (Phi) is 5.84. The maximum absolute atomic E-state index is 11.0. The lowest BCUT2D eigenvalue weighted by atomic mass is 9.49. The summed E-state index contributed by atoms with van der Waals surface area (Å²) in [6, 6.07) is 0. The molecule has 0 heterocycles. The summed E-state index contributed by atoms with van der Waals surface area (Å²) in [7, 11) is 0. The van der Waals surface area contributed by atoms with Crippen LogP contribution >= 0.6 is 0 Å². The molecule has 3 fully saturated rings. The van der Waals surface area contributed by atoms with Gasteiger partial charge in [-0.15, -0.1) is 0 Å². The van der Waals surface area contributed by atoms with Gasteiger partial charge in [-0.3, -0.25) is 0 Å². The zero-order valence-electron chi connectivity index (χ0n) is 19.5. The lowest BCUT2D eigenvalue weighted by Gasteiger charge is -2.56. The van der Waals surface area contributed by atoms with Gasteiger partial charge in [-0.1, -0.05) is 77.2 Å². The first kappa shape index (κ1) is 21.6. The predicted octanol–water partition coefficient (Wildman–Crippen LogP) is 6.28. The average Bonchev–Trinajstić information content (AvgIpc) is 3.00. The highest BCUT2D eigenvalue weighted by molar-refractivity contribution is 5.40. The molecule has 0 aromatic heterocycles. The lowest BCUT2D eigenvalue weighted by molar-refractivity contribution is -0.0544. The third-order valence-corrected chi connectivity index (χ3v) is 9.85. The summed E-state index contributed by atoms with van der Waals surface area (Å²) in [6.45, 7) is 12.1. The second kappa shape index (κ2) is 7.83. The van der Waals surface area contributed by atoms with E-state index < -0.39 is 6.10 Å². The predicted molar refractivity (Wildman–Crippen MR) is 120 cm³/mol. The summed E-state index contributed by atoms with van der Waals surface area (Å²) in [5.74, 6) is 3.64. The van der Waals surface area contributed by atoms with Gasteiger partial charge in [0.2, 0.25) is 0 Å².